The second-order valence-electron chi connectivity index (χ2n) is 5.97. The Balaban J connectivity index is 3.07. The van der Waals surface area contributed by atoms with Gasteiger partial charge in [-0.1, -0.05) is 90.4 Å². The number of unbranched alkanes of at least 4 members (excludes halogenated alkanes) is 13. The fraction of sp³-hybridized carbons (Fsp3) is 1.00. The third kappa shape index (κ3) is 16.8. The van der Waals surface area contributed by atoms with E-state index in [9.17, 15) is 4.57 Å². The molecule has 6 heteroatoms. The van der Waals surface area contributed by atoms with E-state index in [0.717, 1.165) is 19.3 Å². The standard InChI is InChI=1S/C16H34ClO4P/c1-2-3-4-5-6-7-8-9-10-11-12-13-14-15-16-20-22(18,19)21-17/h2-16H2,1H3,(H,18,19). The zero-order valence-electron chi connectivity index (χ0n) is 14.1. The van der Waals surface area contributed by atoms with Crippen molar-refractivity contribution < 1.29 is 18.1 Å². The lowest BCUT2D eigenvalue weighted by atomic mass is 10.0. The summed E-state index contributed by atoms with van der Waals surface area (Å²) in [6.45, 7) is 2.48. The number of halogens is 1. The lowest BCUT2D eigenvalue weighted by Gasteiger charge is -2.07. The smallest absolute Gasteiger partial charge is 0.302 e. The van der Waals surface area contributed by atoms with Gasteiger partial charge in [-0.2, -0.15) is 4.08 Å². The molecule has 0 saturated carbocycles. The molecule has 0 rings (SSSR count). The first-order valence-corrected chi connectivity index (χ1v) is 10.7. The predicted octanol–water partition coefficient (Wildman–Crippen LogP) is 6.76. The van der Waals surface area contributed by atoms with E-state index >= 15 is 0 Å². The van der Waals surface area contributed by atoms with Crippen LogP contribution in [0.2, 0.25) is 0 Å². The van der Waals surface area contributed by atoms with Gasteiger partial charge in [0.25, 0.3) is 0 Å². The summed E-state index contributed by atoms with van der Waals surface area (Å²) < 4.78 is 19.4. The van der Waals surface area contributed by atoms with Gasteiger partial charge in [-0.05, 0) is 6.42 Å². The van der Waals surface area contributed by atoms with E-state index in [1.54, 1.807) is 0 Å². The van der Waals surface area contributed by atoms with Crippen molar-refractivity contribution in [3.8, 4) is 0 Å². The monoisotopic (exact) mass is 356 g/mol. The van der Waals surface area contributed by atoms with E-state index in [1.165, 1.54) is 70.6 Å². The minimum atomic E-state index is -3.99. The fourth-order valence-corrected chi connectivity index (χ4v) is 3.02. The third-order valence-electron chi connectivity index (χ3n) is 3.84. The first-order chi connectivity index (χ1) is 10.6. The van der Waals surface area contributed by atoms with Crippen molar-refractivity contribution in [2.45, 2.75) is 96.8 Å². The Kier molecular flexibility index (Phi) is 16.6. The molecule has 0 radical (unpaired) electrons. The third-order valence-corrected chi connectivity index (χ3v) is 5.05. The molecule has 0 aromatic heterocycles. The molecular weight excluding hydrogens is 323 g/mol. The van der Waals surface area contributed by atoms with E-state index in [0.29, 0.717) is 0 Å². The van der Waals surface area contributed by atoms with Gasteiger partial charge >= 0.3 is 7.82 Å². The maximum atomic E-state index is 10.9. The van der Waals surface area contributed by atoms with Gasteiger partial charge in [-0.15, -0.1) is 0 Å². The van der Waals surface area contributed by atoms with Crippen LogP contribution in [0.1, 0.15) is 96.8 Å². The minimum Gasteiger partial charge on any atom is -0.302 e. The normalized spacial score (nSPS) is 14.1. The zero-order chi connectivity index (χ0) is 16.5. The van der Waals surface area contributed by atoms with Gasteiger partial charge in [0.15, 0.2) is 0 Å². The molecule has 1 unspecified atom stereocenters. The Labute approximate surface area is 141 Å². The van der Waals surface area contributed by atoms with E-state index < -0.39 is 7.82 Å². The quantitative estimate of drug-likeness (QED) is 0.231. The van der Waals surface area contributed by atoms with Crippen LogP contribution in [0.4, 0.5) is 0 Å². The molecule has 0 aliphatic carbocycles. The summed E-state index contributed by atoms with van der Waals surface area (Å²) in [5, 5.41) is 0. The molecule has 134 valence electrons. The lowest BCUT2D eigenvalue weighted by molar-refractivity contribution is 0.204. The van der Waals surface area contributed by atoms with Crippen molar-refractivity contribution in [1.82, 2.24) is 0 Å². The molecule has 0 spiro atoms. The van der Waals surface area contributed by atoms with E-state index in [1.807, 2.05) is 0 Å². The van der Waals surface area contributed by atoms with Crippen molar-refractivity contribution in [1.29, 1.82) is 0 Å². The molecule has 0 aromatic rings. The van der Waals surface area contributed by atoms with Crippen molar-refractivity contribution in [2.75, 3.05) is 6.61 Å². The van der Waals surface area contributed by atoms with Crippen LogP contribution in [-0.4, -0.2) is 11.5 Å². The highest BCUT2D eigenvalue weighted by Crippen LogP contribution is 2.44. The topological polar surface area (TPSA) is 55.8 Å². The molecule has 4 nitrogen and oxygen atoms in total. The highest BCUT2D eigenvalue weighted by atomic mass is 35.5. The number of hydrogen-bond acceptors (Lipinski definition) is 3. The molecule has 0 amide bonds. The lowest BCUT2D eigenvalue weighted by Crippen LogP contribution is -1.93. The summed E-state index contributed by atoms with van der Waals surface area (Å²) in [6, 6.07) is 0. The Morgan fingerprint density at radius 1 is 0.773 bits per heavy atom. The summed E-state index contributed by atoms with van der Waals surface area (Å²) in [6.07, 6.45) is 17.9. The van der Waals surface area contributed by atoms with Crippen LogP contribution in [0.3, 0.4) is 0 Å². The van der Waals surface area contributed by atoms with E-state index in [2.05, 4.69) is 15.5 Å². The molecule has 0 aliphatic heterocycles. The first-order valence-electron chi connectivity index (χ1n) is 8.90. The molecule has 1 atom stereocenters. The fourth-order valence-electron chi connectivity index (χ4n) is 2.50. The Morgan fingerprint density at radius 3 is 1.50 bits per heavy atom. The molecular formula is C16H34ClO4P. The SMILES string of the molecule is CCCCCCCCCCCCCCCCOP(=O)(O)OCl. The maximum Gasteiger partial charge on any atom is 0.488 e. The van der Waals surface area contributed by atoms with Gasteiger partial charge in [-0.3, -0.25) is 4.52 Å². The summed E-state index contributed by atoms with van der Waals surface area (Å²) in [7, 11) is -3.99. The highest BCUT2D eigenvalue weighted by molar-refractivity contribution is 7.48. The molecule has 22 heavy (non-hydrogen) atoms. The van der Waals surface area contributed by atoms with Crippen LogP contribution in [0, 0.1) is 0 Å². The molecule has 0 aromatic carbocycles. The van der Waals surface area contributed by atoms with Gasteiger partial charge in [-0.25, -0.2) is 4.57 Å². The first kappa shape index (κ1) is 22.4. The summed E-state index contributed by atoms with van der Waals surface area (Å²) in [5.74, 6) is 0. The summed E-state index contributed by atoms with van der Waals surface area (Å²) in [5.41, 5.74) is 0. The van der Waals surface area contributed by atoms with E-state index in [4.69, 9.17) is 16.8 Å². The number of phosphoric acid groups is 1. The van der Waals surface area contributed by atoms with Gasteiger partial charge in [0.1, 0.15) is 0 Å². The number of rotatable bonds is 17. The van der Waals surface area contributed by atoms with Crippen LogP contribution >= 0.6 is 19.7 Å². The Morgan fingerprint density at radius 2 is 1.14 bits per heavy atom. The zero-order valence-corrected chi connectivity index (χ0v) is 15.8. The Hall–Kier alpha value is 0.400. The maximum absolute atomic E-state index is 10.9. The van der Waals surface area contributed by atoms with Crippen LogP contribution < -0.4 is 0 Å². The molecule has 0 aliphatic rings. The van der Waals surface area contributed by atoms with Gasteiger partial charge in [0, 0.05) is 0 Å². The van der Waals surface area contributed by atoms with Gasteiger partial charge < -0.3 is 4.89 Å². The molecule has 0 saturated heterocycles. The average molecular weight is 357 g/mol. The van der Waals surface area contributed by atoms with Crippen LogP contribution in [0.5, 0.6) is 0 Å². The van der Waals surface area contributed by atoms with Crippen molar-refractivity contribution in [3.63, 3.8) is 0 Å². The largest absolute Gasteiger partial charge is 0.488 e. The Bertz CT molecular complexity index is 277. The van der Waals surface area contributed by atoms with Crippen LogP contribution in [0.15, 0.2) is 0 Å². The number of hydrogen-bond donors (Lipinski definition) is 1. The molecule has 0 bridgehead atoms. The van der Waals surface area contributed by atoms with Crippen molar-refractivity contribution in [3.05, 3.63) is 0 Å². The predicted molar refractivity (Wildman–Crippen MR) is 93.0 cm³/mol. The average Bonchev–Trinajstić information content (AvgIpc) is 2.51. The van der Waals surface area contributed by atoms with Crippen LogP contribution in [0.25, 0.3) is 0 Å². The second kappa shape index (κ2) is 16.3. The van der Waals surface area contributed by atoms with E-state index in [-0.39, 0.29) is 6.61 Å². The second-order valence-corrected chi connectivity index (χ2v) is 7.71. The molecule has 0 fully saturated rings. The molecule has 1 N–H and O–H groups in total. The highest BCUT2D eigenvalue weighted by Gasteiger charge is 2.19. The molecule has 0 heterocycles. The van der Waals surface area contributed by atoms with Gasteiger partial charge in [0.05, 0.1) is 18.5 Å². The van der Waals surface area contributed by atoms with Crippen molar-refractivity contribution >= 4 is 19.7 Å². The summed E-state index contributed by atoms with van der Waals surface area (Å²) in [4.78, 5) is 8.91. The summed E-state index contributed by atoms with van der Waals surface area (Å²) >= 11 is 4.82. The van der Waals surface area contributed by atoms with Crippen molar-refractivity contribution in [2.24, 2.45) is 0 Å². The number of phosphoric ester groups is 1. The minimum absolute atomic E-state index is 0.221. The van der Waals surface area contributed by atoms with Gasteiger partial charge in [0.2, 0.25) is 0 Å². The van der Waals surface area contributed by atoms with Crippen LogP contribution in [-0.2, 0) is 13.2 Å².